The van der Waals surface area contributed by atoms with Gasteiger partial charge in [-0.2, -0.15) is 0 Å². The lowest BCUT2D eigenvalue weighted by atomic mass is 9.72. The van der Waals surface area contributed by atoms with Gasteiger partial charge < -0.3 is 19.8 Å². The summed E-state index contributed by atoms with van der Waals surface area (Å²) in [6, 6.07) is 14.0. The summed E-state index contributed by atoms with van der Waals surface area (Å²) in [7, 11) is 0. The zero-order valence-electron chi connectivity index (χ0n) is 18.0. The van der Waals surface area contributed by atoms with E-state index in [2.05, 4.69) is 28.5 Å². The molecule has 3 aromatic rings. The normalized spacial score (nSPS) is 18.8. The second-order valence-corrected chi connectivity index (χ2v) is 9.37. The Kier molecular flexibility index (Phi) is 4.18. The maximum absolute atomic E-state index is 11.8. The molecule has 6 nitrogen and oxygen atoms in total. The highest BCUT2D eigenvalue weighted by Crippen LogP contribution is 2.44. The smallest absolute Gasteiger partial charge is 0.245 e. The molecule has 32 heavy (non-hydrogen) atoms. The molecule has 162 valence electrons. The number of hydrogen-bond donors (Lipinski definition) is 1. The molecule has 0 atom stereocenters. The van der Waals surface area contributed by atoms with Crippen molar-refractivity contribution in [1.82, 2.24) is 9.88 Å². The summed E-state index contributed by atoms with van der Waals surface area (Å²) in [4.78, 5) is 23.1. The molecular formula is C26H26N4O2. The molecule has 3 aliphatic heterocycles. The Morgan fingerprint density at radius 3 is 2.69 bits per heavy atom. The third kappa shape index (κ3) is 2.93. The second-order valence-electron chi connectivity index (χ2n) is 9.37. The molecule has 0 radical (unpaired) electrons. The molecular weight excluding hydrogens is 400 g/mol. The standard InChI is InChI=1S/C26H26N4O2/c1-2-25(32)30-16-26(17-30)14-29(15-26)23-7-9-27-22-13-28(10-8-21(22)23)24-12-19(31)11-18-5-3-4-6-20(18)24/h2-7,9,11-12,31H,1,8,10,13-17H2. The first-order valence-electron chi connectivity index (χ1n) is 11.2. The van der Waals surface area contributed by atoms with E-state index in [0.717, 1.165) is 67.8 Å². The zero-order valence-corrected chi connectivity index (χ0v) is 18.0. The zero-order chi connectivity index (χ0) is 21.9. The van der Waals surface area contributed by atoms with Crippen LogP contribution in [0.5, 0.6) is 5.75 Å². The van der Waals surface area contributed by atoms with E-state index in [0.29, 0.717) is 5.75 Å². The summed E-state index contributed by atoms with van der Waals surface area (Å²) in [6.45, 7) is 8.86. The van der Waals surface area contributed by atoms with Gasteiger partial charge in [0.25, 0.3) is 0 Å². The number of aromatic nitrogens is 1. The molecule has 0 aliphatic carbocycles. The monoisotopic (exact) mass is 426 g/mol. The highest BCUT2D eigenvalue weighted by molar-refractivity contribution is 5.95. The molecule has 0 unspecified atom stereocenters. The molecule has 2 fully saturated rings. The van der Waals surface area contributed by atoms with Crippen molar-refractivity contribution in [3.8, 4) is 5.75 Å². The number of amides is 1. The van der Waals surface area contributed by atoms with Gasteiger partial charge in [0.2, 0.25) is 5.91 Å². The Morgan fingerprint density at radius 1 is 1.06 bits per heavy atom. The molecule has 2 saturated heterocycles. The lowest BCUT2D eigenvalue weighted by molar-refractivity contribution is -0.139. The van der Waals surface area contributed by atoms with Gasteiger partial charge in [0, 0.05) is 72.7 Å². The van der Waals surface area contributed by atoms with E-state index >= 15 is 0 Å². The third-order valence-electron chi connectivity index (χ3n) is 7.19. The average molecular weight is 427 g/mol. The first-order valence-corrected chi connectivity index (χ1v) is 11.2. The number of phenolic OH excluding ortho intramolecular Hbond substituents is 1. The van der Waals surface area contributed by atoms with Gasteiger partial charge in [-0.3, -0.25) is 9.78 Å². The Hall–Kier alpha value is -3.54. The Morgan fingerprint density at radius 2 is 1.88 bits per heavy atom. The Labute approximate surface area is 187 Å². The molecule has 3 aliphatic rings. The molecule has 1 aromatic heterocycles. The van der Waals surface area contributed by atoms with Crippen molar-refractivity contribution in [2.45, 2.75) is 13.0 Å². The van der Waals surface area contributed by atoms with Crippen LogP contribution in [0.1, 0.15) is 11.3 Å². The number of aromatic hydroxyl groups is 1. The van der Waals surface area contributed by atoms with E-state index in [1.165, 1.54) is 17.3 Å². The summed E-state index contributed by atoms with van der Waals surface area (Å²) in [5, 5.41) is 12.5. The minimum absolute atomic E-state index is 0.0370. The minimum atomic E-state index is 0.0370. The van der Waals surface area contributed by atoms with E-state index in [1.807, 2.05) is 41.4 Å². The van der Waals surface area contributed by atoms with Crippen LogP contribution in [0.4, 0.5) is 11.4 Å². The SMILES string of the molecule is C=CC(=O)N1CC2(C1)CN(c1ccnc3c1CCN(c1cc(O)cc4ccccc14)C3)C2. The quantitative estimate of drug-likeness (QED) is 0.651. The number of nitrogens with zero attached hydrogens (tertiary/aromatic N) is 4. The van der Waals surface area contributed by atoms with E-state index in [4.69, 9.17) is 4.98 Å². The van der Waals surface area contributed by atoms with Crippen LogP contribution in [-0.2, 0) is 17.8 Å². The van der Waals surface area contributed by atoms with Gasteiger partial charge >= 0.3 is 0 Å². The summed E-state index contributed by atoms with van der Waals surface area (Å²) < 4.78 is 0. The minimum Gasteiger partial charge on any atom is -0.508 e. The van der Waals surface area contributed by atoms with E-state index in [-0.39, 0.29) is 11.3 Å². The highest BCUT2D eigenvalue weighted by Gasteiger charge is 2.53. The number of phenols is 1. The molecule has 1 amide bonds. The maximum atomic E-state index is 11.8. The van der Waals surface area contributed by atoms with Crippen LogP contribution in [-0.4, -0.2) is 53.6 Å². The number of carbonyl (C=O) groups excluding carboxylic acids is 1. The first kappa shape index (κ1) is 19.2. The van der Waals surface area contributed by atoms with Gasteiger partial charge in [0.1, 0.15) is 5.75 Å². The van der Waals surface area contributed by atoms with E-state index < -0.39 is 0 Å². The number of hydrogen-bond acceptors (Lipinski definition) is 5. The maximum Gasteiger partial charge on any atom is 0.245 e. The number of fused-ring (bicyclic) bond motifs is 2. The van der Waals surface area contributed by atoms with Crippen LogP contribution < -0.4 is 9.80 Å². The number of rotatable bonds is 3. The van der Waals surface area contributed by atoms with Crippen molar-refractivity contribution >= 4 is 28.1 Å². The van der Waals surface area contributed by atoms with Crippen molar-refractivity contribution in [3.63, 3.8) is 0 Å². The fourth-order valence-electron chi connectivity index (χ4n) is 5.66. The fraction of sp³-hybridized carbons (Fsp3) is 0.308. The second kappa shape index (κ2) is 6.99. The lowest BCUT2D eigenvalue weighted by Crippen LogP contribution is -2.73. The van der Waals surface area contributed by atoms with Gasteiger partial charge in [-0.25, -0.2) is 0 Å². The molecule has 6 rings (SSSR count). The fourth-order valence-corrected chi connectivity index (χ4v) is 5.66. The van der Waals surface area contributed by atoms with Crippen molar-refractivity contribution in [2.24, 2.45) is 5.41 Å². The molecule has 1 N–H and O–H groups in total. The Balaban J connectivity index is 1.22. The van der Waals surface area contributed by atoms with Gasteiger partial charge in [-0.1, -0.05) is 30.8 Å². The summed E-state index contributed by atoms with van der Waals surface area (Å²) in [6.07, 6.45) is 4.24. The van der Waals surface area contributed by atoms with Crippen LogP contribution in [0.15, 0.2) is 61.3 Å². The van der Waals surface area contributed by atoms with Crippen molar-refractivity contribution in [1.29, 1.82) is 0 Å². The van der Waals surface area contributed by atoms with Crippen LogP contribution >= 0.6 is 0 Å². The molecule has 2 aromatic carbocycles. The third-order valence-corrected chi connectivity index (χ3v) is 7.19. The molecule has 4 heterocycles. The summed E-state index contributed by atoms with van der Waals surface area (Å²) in [5.74, 6) is 0.330. The average Bonchev–Trinajstić information content (AvgIpc) is 2.76. The van der Waals surface area contributed by atoms with Crippen LogP contribution in [0.3, 0.4) is 0 Å². The predicted octanol–water partition coefficient (Wildman–Crippen LogP) is 3.34. The van der Waals surface area contributed by atoms with E-state index in [9.17, 15) is 9.90 Å². The first-order chi connectivity index (χ1) is 15.5. The predicted molar refractivity (Wildman–Crippen MR) is 126 cm³/mol. The van der Waals surface area contributed by atoms with Gasteiger partial charge in [-0.15, -0.1) is 0 Å². The van der Waals surface area contributed by atoms with Crippen LogP contribution in [0.2, 0.25) is 0 Å². The number of likely N-dealkylation sites (tertiary alicyclic amines) is 1. The largest absolute Gasteiger partial charge is 0.508 e. The number of benzene rings is 2. The summed E-state index contributed by atoms with van der Waals surface area (Å²) in [5.41, 5.74) is 5.04. The molecule has 0 saturated carbocycles. The van der Waals surface area contributed by atoms with Crippen molar-refractivity contribution in [2.75, 3.05) is 42.5 Å². The lowest BCUT2D eigenvalue weighted by Gasteiger charge is -2.61. The Bertz CT molecular complexity index is 1240. The topological polar surface area (TPSA) is 59.9 Å². The molecule has 0 bridgehead atoms. The van der Waals surface area contributed by atoms with Crippen LogP contribution in [0.25, 0.3) is 10.8 Å². The number of anilines is 2. The molecule has 6 heteroatoms. The molecule has 1 spiro atoms. The van der Waals surface area contributed by atoms with Gasteiger partial charge in [0.05, 0.1) is 12.2 Å². The van der Waals surface area contributed by atoms with Gasteiger partial charge in [-0.05, 0) is 30.0 Å². The van der Waals surface area contributed by atoms with E-state index in [1.54, 1.807) is 0 Å². The summed E-state index contributed by atoms with van der Waals surface area (Å²) >= 11 is 0. The van der Waals surface area contributed by atoms with Crippen molar-refractivity contribution < 1.29 is 9.90 Å². The van der Waals surface area contributed by atoms with Gasteiger partial charge in [0.15, 0.2) is 0 Å². The van der Waals surface area contributed by atoms with Crippen molar-refractivity contribution in [3.05, 3.63) is 72.6 Å². The number of carbonyl (C=O) groups is 1. The number of pyridine rings is 1. The van der Waals surface area contributed by atoms with Crippen LogP contribution in [0, 0.1) is 5.41 Å². The highest BCUT2D eigenvalue weighted by atomic mass is 16.3.